The van der Waals surface area contributed by atoms with E-state index >= 15 is 0 Å². The summed E-state index contributed by atoms with van der Waals surface area (Å²) in [6.45, 7) is 12.5. The number of carbonyl (C=O) groups is 1. The van der Waals surface area contributed by atoms with Crippen LogP contribution in [0.2, 0.25) is 0 Å². The second kappa shape index (κ2) is 11.0. The Morgan fingerprint density at radius 2 is 1.87 bits per heavy atom. The number of hydrogen-bond donors (Lipinski definition) is 2. The van der Waals surface area contributed by atoms with Gasteiger partial charge in [0.1, 0.15) is 12.4 Å². The van der Waals surface area contributed by atoms with E-state index in [-0.39, 0.29) is 12.4 Å². The Balaban J connectivity index is 2.33. The Hall–Kier alpha value is -3.41. The summed E-state index contributed by atoms with van der Waals surface area (Å²) in [6, 6.07) is 13.9. The molecule has 0 fully saturated rings. The Morgan fingerprint density at radius 1 is 1.17 bits per heavy atom. The number of hydrogen-bond acceptors (Lipinski definition) is 6. The van der Waals surface area contributed by atoms with Crippen molar-refractivity contribution in [2.24, 2.45) is 0 Å². The molecule has 2 aromatic rings. The quantitative estimate of drug-likeness (QED) is 0.390. The van der Waals surface area contributed by atoms with Gasteiger partial charge in [-0.2, -0.15) is 0 Å². The van der Waals surface area contributed by atoms with Crippen LogP contribution in [0.4, 0.5) is 17.1 Å². The van der Waals surface area contributed by atoms with Crippen LogP contribution < -0.4 is 20.7 Å². The van der Waals surface area contributed by atoms with Gasteiger partial charge < -0.3 is 25.4 Å². The summed E-state index contributed by atoms with van der Waals surface area (Å²) in [5, 5.41) is 3.20. The molecule has 6 nitrogen and oxygen atoms in total. The highest BCUT2D eigenvalue weighted by Gasteiger charge is 2.17. The van der Waals surface area contributed by atoms with Gasteiger partial charge in [0.25, 0.3) is 0 Å². The molecule has 0 aliphatic heterocycles. The second-order valence-electron chi connectivity index (χ2n) is 7.20. The van der Waals surface area contributed by atoms with E-state index in [4.69, 9.17) is 15.2 Å². The molecule has 0 bridgehead atoms. The fraction of sp³-hybridized carbons (Fsp3) is 0.292. The van der Waals surface area contributed by atoms with Crippen LogP contribution in [0.3, 0.4) is 0 Å². The van der Waals surface area contributed by atoms with Crippen molar-refractivity contribution in [1.29, 1.82) is 0 Å². The molecule has 6 heteroatoms. The molecular weight excluding hydrogens is 378 g/mol. The lowest BCUT2D eigenvalue weighted by Gasteiger charge is -2.28. The van der Waals surface area contributed by atoms with Crippen molar-refractivity contribution in [2.45, 2.75) is 26.8 Å². The van der Waals surface area contributed by atoms with Crippen LogP contribution >= 0.6 is 0 Å². The lowest BCUT2D eigenvalue weighted by molar-refractivity contribution is -0.120. The van der Waals surface area contributed by atoms with Crippen molar-refractivity contribution in [2.75, 3.05) is 36.2 Å². The lowest BCUT2D eigenvalue weighted by Crippen LogP contribution is -2.25. The van der Waals surface area contributed by atoms with Gasteiger partial charge in [0.15, 0.2) is 5.78 Å². The van der Waals surface area contributed by atoms with Crippen LogP contribution in [0, 0.1) is 0 Å². The molecule has 0 atom stereocenters. The molecular formula is C24H31N3O3. The van der Waals surface area contributed by atoms with Crippen LogP contribution in [0.1, 0.15) is 25.8 Å². The van der Waals surface area contributed by atoms with Gasteiger partial charge in [-0.05, 0) is 25.5 Å². The fourth-order valence-electron chi connectivity index (χ4n) is 2.96. The summed E-state index contributed by atoms with van der Waals surface area (Å²) in [6.07, 6.45) is 0.566. The van der Waals surface area contributed by atoms with Gasteiger partial charge in [-0.25, -0.2) is 0 Å². The minimum absolute atomic E-state index is 0.0343. The highest BCUT2D eigenvalue weighted by atomic mass is 16.5. The van der Waals surface area contributed by atoms with Crippen molar-refractivity contribution in [3.05, 3.63) is 72.6 Å². The number of Topliss-reactive ketones (excluding diaryl/α,β-unsaturated/α-hetero) is 1. The van der Waals surface area contributed by atoms with Crippen LogP contribution in [-0.2, 0) is 16.1 Å². The molecule has 0 unspecified atom stereocenters. The molecule has 0 aliphatic rings. The third-order valence-corrected chi connectivity index (χ3v) is 4.40. The monoisotopic (exact) mass is 409 g/mol. The molecule has 0 saturated heterocycles. The number of nitrogens with zero attached hydrogens (tertiary/aromatic N) is 1. The highest BCUT2D eigenvalue weighted by molar-refractivity contribution is 5.78. The number of ketones is 1. The number of allylic oxidation sites excluding steroid dienone is 1. The topological polar surface area (TPSA) is 76.8 Å². The predicted molar refractivity (Wildman–Crippen MR) is 124 cm³/mol. The lowest BCUT2D eigenvalue weighted by atomic mass is 10.1. The number of nitrogens with two attached hydrogens (primary N) is 1. The minimum Gasteiger partial charge on any atom is -0.495 e. The predicted octanol–water partition coefficient (Wildman–Crippen LogP) is 4.74. The molecule has 0 saturated carbocycles. The molecule has 0 spiro atoms. The third-order valence-electron chi connectivity index (χ3n) is 4.40. The molecule has 0 aliphatic carbocycles. The van der Waals surface area contributed by atoms with E-state index in [0.29, 0.717) is 36.7 Å². The first-order chi connectivity index (χ1) is 14.3. The van der Waals surface area contributed by atoms with Gasteiger partial charge in [0.05, 0.1) is 29.9 Å². The van der Waals surface area contributed by atoms with Crippen LogP contribution in [0.25, 0.3) is 0 Å². The van der Waals surface area contributed by atoms with Gasteiger partial charge in [-0.15, -0.1) is 0 Å². The Bertz CT molecular complexity index is 894. The number of ether oxygens (including phenoxy) is 2. The molecule has 30 heavy (non-hydrogen) atoms. The molecule has 0 radical (unpaired) electrons. The van der Waals surface area contributed by atoms with E-state index < -0.39 is 0 Å². The van der Waals surface area contributed by atoms with Gasteiger partial charge in [0.2, 0.25) is 0 Å². The first kappa shape index (κ1) is 22.9. The van der Waals surface area contributed by atoms with Crippen molar-refractivity contribution in [3.63, 3.8) is 0 Å². The number of nitrogens with one attached hydrogen (secondary N) is 1. The number of benzene rings is 2. The van der Waals surface area contributed by atoms with Crippen molar-refractivity contribution < 1.29 is 14.3 Å². The zero-order valence-corrected chi connectivity index (χ0v) is 18.0. The van der Waals surface area contributed by atoms with Crippen LogP contribution in [-0.4, -0.2) is 26.0 Å². The zero-order valence-electron chi connectivity index (χ0n) is 18.0. The van der Waals surface area contributed by atoms with Gasteiger partial charge in [-0.1, -0.05) is 43.5 Å². The summed E-state index contributed by atoms with van der Waals surface area (Å²) in [4.78, 5) is 13.4. The molecule has 3 N–H and O–H groups in total. The number of rotatable bonds is 12. The number of methoxy groups -OCH3 is 1. The first-order valence-corrected chi connectivity index (χ1v) is 9.79. The third kappa shape index (κ3) is 6.88. The molecule has 160 valence electrons. The van der Waals surface area contributed by atoms with Crippen molar-refractivity contribution >= 4 is 22.8 Å². The number of carbonyl (C=O) groups excluding carboxylic acids is 1. The summed E-state index contributed by atoms with van der Waals surface area (Å²) in [5.41, 5.74) is 10.4. The number of nitrogen functional groups attached to an aromatic ring is 1. The number of anilines is 3. The average Bonchev–Trinajstić information content (AvgIpc) is 2.71. The zero-order chi connectivity index (χ0) is 22.1. The average molecular weight is 410 g/mol. The van der Waals surface area contributed by atoms with E-state index in [1.165, 1.54) is 6.92 Å². The summed E-state index contributed by atoms with van der Waals surface area (Å²) in [5.74, 6) is 1.21. The minimum atomic E-state index is -0.0343. The fourth-order valence-corrected chi connectivity index (χ4v) is 2.96. The van der Waals surface area contributed by atoms with Crippen LogP contribution in [0.15, 0.2) is 67.1 Å². The van der Waals surface area contributed by atoms with Gasteiger partial charge in [0, 0.05) is 31.3 Å². The summed E-state index contributed by atoms with van der Waals surface area (Å²) in [7, 11) is 1.62. The second-order valence-corrected chi connectivity index (χ2v) is 7.20. The van der Waals surface area contributed by atoms with E-state index in [2.05, 4.69) is 35.5 Å². The maximum Gasteiger partial charge on any atom is 0.167 e. The van der Waals surface area contributed by atoms with Gasteiger partial charge in [-0.3, -0.25) is 4.79 Å². The highest BCUT2D eigenvalue weighted by Crippen LogP contribution is 2.37. The SMILES string of the molecule is C=C(C)Nc1cc(N(CCC(=C)OCC(C)=O)Cc2ccccc2)c(OC)cc1N. The Morgan fingerprint density at radius 3 is 2.47 bits per heavy atom. The summed E-state index contributed by atoms with van der Waals surface area (Å²) >= 11 is 0. The van der Waals surface area contributed by atoms with Crippen molar-refractivity contribution in [1.82, 2.24) is 0 Å². The van der Waals surface area contributed by atoms with E-state index in [0.717, 1.165) is 22.6 Å². The molecule has 0 aromatic heterocycles. The Labute approximate surface area is 179 Å². The molecule has 2 aromatic carbocycles. The van der Waals surface area contributed by atoms with Crippen molar-refractivity contribution in [3.8, 4) is 5.75 Å². The van der Waals surface area contributed by atoms with Gasteiger partial charge >= 0.3 is 0 Å². The van der Waals surface area contributed by atoms with Crippen LogP contribution in [0.5, 0.6) is 5.75 Å². The normalized spacial score (nSPS) is 10.2. The maximum absolute atomic E-state index is 11.2. The maximum atomic E-state index is 11.2. The molecule has 0 amide bonds. The molecule has 2 rings (SSSR count). The van der Waals surface area contributed by atoms with E-state index in [9.17, 15) is 4.79 Å². The largest absolute Gasteiger partial charge is 0.495 e. The van der Waals surface area contributed by atoms with E-state index in [1.807, 2.05) is 31.2 Å². The molecule has 0 heterocycles. The smallest absolute Gasteiger partial charge is 0.167 e. The first-order valence-electron chi connectivity index (χ1n) is 9.79. The standard InChI is InChI=1S/C24H31N3O3/c1-17(2)26-22-14-23(24(29-5)13-21(22)25)27(15-20-9-7-6-8-10-20)12-11-19(4)30-16-18(3)28/h6-10,13-14,26H,1,4,11-12,15-16,25H2,2-3,5H3. The van der Waals surface area contributed by atoms with E-state index in [1.54, 1.807) is 13.2 Å². The summed E-state index contributed by atoms with van der Waals surface area (Å²) < 4.78 is 11.1. The Kier molecular flexibility index (Phi) is 8.35.